The van der Waals surface area contributed by atoms with Crippen LogP contribution < -0.4 is 0 Å². The molecule has 7 heteroatoms. The van der Waals surface area contributed by atoms with Crippen LogP contribution in [0.25, 0.3) is 0 Å². The largest absolute Gasteiger partial charge is 0.334 e. The third-order valence-corrected chi connectivity index (χ3v) is 4.62. The van der Waals surface area contributed by atoms with Crippen molar-refractivity contribution in [2.75, 3.05) is 6.54 Å². The second kappa shape index (κ2) is 5.55. The molecule has 1 saturated heterocycles. The van der Waals surface area contributed by atoms with Crippen molar-refractivity contribution in [2.45, 2.75) is 45.7 Å². The number of carbonyl (C=O) groups is 1. The first kappa shape index (κ1) is 14.7. The van der Waals surface area contributed by atoms with E-state index in [9.17, 15) is 4.79 Å². The Balaban J connectivity index is 1.88. The predicted octanol–water partition coefficient (Wildman–Crippen LogP) is 1.55. The molecule has 3 heterocycles. The van der Waals surface area contributed by atoms with Crippen molar-refractivity contribution >= 4 is 5.91 Å². The van der Waals surface area contributed by atoms with Crippen LogP contribution in [0.1, 0.15) is 48.8 Å². The molecule has 1 aliphatic rings. The summed E-state index contributed by atoms with van der Waals surface area (Å²) in [5, 5.41) is 8.58. The summed E-state index contributed by atoms with van der Waals surface area (Å²) in [6.07, 6.45) is 5.06. The summed E-state index contributed by atoms with van der Waals surface area (Å²) in [5.41, 5.74) is 3.34. The topological polar surface area (TPSA) is 68.8 Å². The molecule has 0 unspecified atom stereocenters. The average Bonchev–Trinajstić information content (AvgIpc) is 3.20. The molecule has 0 aliphatic carbocycles. The van der Waals surface area contributed by atoms with Gasteiger partial charge in [0, 0.05) is 24.8 Å². The molecule has 0 aromatic carbocycles. The van der Waals surface area contributed by atoms with Gasteiger partial charge in [-0.25, -0.2) is 9.67 Å². The molecular weight excluding hydrogens is 280 g/mol. The highest BCUT2D eigenvalue weighted by atomic mass is 16.2. The summed E-state index contributed by atoms with van der Waals surface area (Å²) in [6, 6.07) is -0.215. The molecule has 0 saturated carbocycles. The van der Waals surface area contributed by atoms with E-state index in [2.05, 4.69) is 22.1 Å². The van der Waals surface area contributed by atoms with Crippen LogP contribution in [0.4, 0.5) is 0 Å². The van der Waals surface area contributed by atoms with E-state index in [1.165, 1.54) is 11.9 Å². The van der Waals surface area contributed by atoms with Gasteiger partial charge in [0.15, 0.2) is 0 Å². The molecule has 0 spiro atoms. The molecule has 2 aromatic heterocycles. The molecule has 1 aliphatic heterocycles. The van der Waals surface area contributed by atoms with Gasteiger partial charge < -0.3 is 4.90 Å². The van der Waals surface area contributed by atoms with E-state index in [4.69, 9.17) is 0 Å². The molecule has 1 amide bonds. The van der Waals surface area contributed by atoms with Crippen LogP contribution in [0.5, 0.6) is 0 Å². The lowest BCUT2D eigenvalue weighted by atomic mass is 10.0. The van der Waals surface area contributed by atoms with Gasteiger partial charge in [0.2, 0.25) is 5.91 Å². The fraction of sp³-hybridized carbons (Fsp3) is 0.600. The lowest BCUT2D eigenvalue weighted by molar-refractivity contribution is -0.135. The summed E-state index contributed by atoms with van der Waals surface area (Å²) in [6.45, 7) is 6.74. The number of likely N-dealkylation sites (tertiary alicyclic amines) is 1. The van der Waals surface area contributed by atoms with Gasteiger partial charge in [-0.1, -0.05) is 0 Å². The van der Waals surface area contributed by atoms with E-state index in [0.717, 1.165) is 30.8 Å². The number of aryl methyl sites for hydroxylation is 2. The van der Waals surface area contributed by atoms with Gasteiger partial charge in [-0.2, -0.15) is 10.2 Å². The molecule has 0 bridgehead atoms. The van der Waals surface area contributed by atoms with Crippen LogP contribution in [0.3, 0.4) is 0 Å². The third kappa shape index (κ3) is 2.30. The fourth-order valence-electron chi connectivity index (χ4n) is 3.37. The maximum Gasteiger partial charge on any atom is 0.247 e. The van der Waals surface area contributed by atoms with Crippen LogP contribution in [-0.2, 0) is 11.8 Å². The molecule has 2 atom stereocenters. The minimum Gasteiger partial charge on any atom is -0.334 e. The summed E-state index contributed by atoms with van der Waals surface area (Å²) >= 11 is 0. The molecule has 22 heavy (non-hydrogen) atoms. The Morgan fingerprint density at radius 2 is 2.18 bits per heavy atom. The van der Waals surface area contributed by atoms with E-state index in [0.29, 0.717) is 0 Å². The van der Waals surface area contributed by atoms with Crippen LogP contribution >= 0.6 is 0 Å². The number of carbonyl (C=O) groups excluding carboxylic acids is 1. The van der Waals surface area contributed by atoms with E-state index in [1.54, 1.807) is 11.0 Å². The summed E-state index contributed by atoms with van der Waals surface area (Å²) in [5.74, 6) is 0.0932. The molecule has 3 rings (SSSR count). The summed E-state index contributed by atoms with van der Waals surface area (Å²) < 4.78 is 3.51. The highest BCUT2D eigenvalue weighted by molar-refractivity contribution is 5.80. The third-order valence-electron chi connectivity index (χ3n) is 4.62. The standard InChI is InChI=1S/C15H22N6O/c1-10-14(11(2)19(4)18-10)13-6-5-7-20(13)15(22)12(3)21-9-16-8-17-21/h8-9,12-13H,5-7H2,1-4H3/t12-,13-/m1/s1. The Kier molecular flexibility index (Phi) is 3.72. The number of rotatable bonds is 3. The van der Waals surface area contributed by atoms with E-state index >= 15 is 0 Å². The van der Waals surface area contributed by atoms with E-state index < -0.39 is 0 Å². The normalized spacial score (nSPS) is 19.6. The minimum atomic E-state index is -0.333. The van der Waals surface area contributed by atoms with Gasteiger partial charge in [-0.15, -0.1) is 0 Å². The Labute approximate surface area is 129 Å². The van der Waals surface area contributed by atoms with Crippen LogP contribution in [0.2, 0.25) is 0 Å². The zero-order valence-electron chi connectivity index (χ0n) is 13.5. The quantitative estimate of drug-likeness (QED) is 0.862. The lowest BCUT2D eigenvalue weighted by Gasteiger charge is -2.28. The van der Waals surface area contributed by atoms with Gasteiger partial charge in [0.05, 0.1) is 11.7 Å². The molecule has 118 valence electrons. The number of hydrogen-bond acceptors (Lipinski definition) is 4. The monoisotopic (exact) mass is 302 g/mol. The SMILES string of the molecule is Cc1nn(C)c(C)c1[C@H]1CCCN1C(=O)[C@@H](C)n1cncn1. The van der Waals surface area contributed by atoms with Crippen LogP contribution in [-0.4, -0.2) is 41.9 Å². The summed E-state index contributed by atoms with van der Waals surface area (Å²) in [4.78, 5) is 18.8. The van der Waals surface area contributed by atoms with E-state index in [1.807, 2.05) is 30.5 Å². The van der Waals surface area contributed by atoms with Crippen molar-refractivity contribution in [2.24, 2.45) is 7.05 Å². The zero-order chi connectivity index (χ0) is 15.9. The molecule has 0 radical (unpaired) electrons. The second-order valence-electron chi connectivity index (χ2n) is 5.95. The number of nitrogens with zero attached hydrogens (tertiary/aromatic N) is 6. The molecule has 1 fully saturated rings. The summed E-state index contributed by atoms with van der Waals surface area (Å²) in [7, 11) is 1.95. The first-order valence-corrected chi connectivity index (χ1v) is 7.65. The van der Waals surface area contributed by atoms with Crippen molar-refractivity contribution in [1.82, 2.24) is 29.4 Å². The zero-order valence-corrected chi connectivity index (χ0v) is 13.5. The van der Waals surface area contributed by atoms with Crippen LogP contribution in [0.15, 0.2) is 12.7 Å². The molecular formula is C15H22N6O. The first-order valence-electron chi connectivity index (χ1n) is 7.65. The second-order valence-corrected chi connectivity index (χ2v) is 5.95. The lowest BCUT2D eigenvalue weighted by Crippen LogP contribution is -2.36. The molecule has 7 nitrogen and oxygen atoms in total. The maximum atomic E-state index is 12.9. The van der Waals surface area contributed by atoms with Crippen LogP contribution in [0, 0.1) is 13.8 Å². The highest BCUT2D eigenvalue weighted by Gasteiger charge is 2.35. The van der Waals surface area contributed by atoms with E-state index in [-0.39, 0.29) is 18.0 Å². The Bertz CT molecular complexity index is 675. The van der Waals surface area contributed by atoms with Crippen molar-refractivity contribution in [3.8, 4) is 0 Å². The van der Waals surface area contributed by atoms with Crippen molar-refractivity contribution < 1.29 is 4.79 Å². The maximum absolute atomic E-state index is 12.9. The van der Waals surface area contributed by atoms with Gasteiger partial charge in [-0.3, -0.25) is 9.48 Å². The van der Waals surface area contributed by atoms with Gasteiger partial charge >= 0.3 is 0 Å². The van der Waals surface area contributed by atoms with Gasteiger partial charge in [0.25, 0.3) is 0 Å². The number of hydrogen-bond donors (Lipinski definition) is 0. The smallest absolute Gasteiger partial charge is 0.247 e. The Morgan fingerprint density at radius 1 is 1.41 bits per heavy atom. The van der Waals surface area contributed by atoms with Gasteiger partial charge in [-0.05, 0) is 33.6 Å². The van der Waals surface area contributed by atoms with Crippen molar-refractivity contribution in [1.29, 1.82) is 0 Å². The Hall–Kier alpha value is -2.18. The fourth-order valence-corrected chi connectivity index (χ4v) is 3.37. The average molecular weight is 302 g/mol. The number of amides is 1. The minimum absolute atomic E-state index is 0.0932. The van der Waals surface area contributed by atoms with Crippen molar-refractivity contribution in [3.63, 3.8) is 0 Å². The van der Waals surface area contributed by atoms with Gasteiger partial charge in [0.1, 0.15) is 18.7 Å². The molecule has 2 aromatic rings. The highest BCUT2D eigenvalue weighted by Crippen LogP contribution is 2.36. The van der Waals surface area contributed by atoms with Crippen molar-refractivity contribution in [3.05, 3.63) is 29.6 Å². The first-order chi connectivity index (χ1) is 10.5. The number of aromatic nitrogens is 5. The Morgan fingerprint density at radius 3 is 2.77 bits per heavy atom. The molecule has 0 N–H and O–H groups in total. The predicted molar refractivity (Wildman–Crippen MR) is 81.1 cm³/mol.